The molecule has 0 aromatic carbocycles. The molecule has 0 unspecified atom stereocenters. The molecular weight excluding hydrogens is 246 g/mol. The molecule has 0 amide bonds. The van der Waals surface area contributed by atoms with Crippen LogP contribution in [0.1, 0.15) is 19.4 Å². The van der Waals surface area contributed by atoms with Crippen LogP contribution in [0.15, 0.2) is 23.7 Å². The van der Waals surface area contributed by atoms with Crippen molar-refractivity contribution in [2.75, 3.05) is 13.2 Å². The molecule has 0 spiro atoms. The van der Waals surface area contributed by atoms with E-state index in [9.17, 15) is 0 Å². The highest BCUT2D eigenvalue weighted by molar-refractivity contribution is 7.13. The molecule has 0 aliphatic carbocycles. The van der Waals surface area contributed by atoms with E-state index >= 15 is 0 Å². The van der Waals surface area contributed by atoms with Crippen LogP contribution in [-0.2, 0) is 11.3 Å². The van der Waals surface area contributed by atoms with E-state index in [0.717, 1.165) is 25.4 Å². The number of hydrogen-bond donors (Lipinski definition) is 2. The van der Waals surface area contributed by atoms with Crippen LogP contribution in [0, 0.1) is 0 Å². The number of aromatic amines is 1. The predicted molar refractivity (Wildman–Crippen MR) is 74.7 cm³/mol. The lowest BCUT2D eigenvalue weighted by Gasteiger charge is -2.08. The Hall–Kier alpha value is -1.17. The van der Waals surface area contributed by atoms with Gasteiger partial charge < -0.3 is 10.1 Å². The average Bonchev–Trinajstić information content (AvgIpc) is 2.97. The molecule has 2 rings (SSSR count). The van der Waals surface area contributed by atoms with Gasteiger partial charge in [-0.1, -0.05) is 6.07 Å². The summed E-state index contributed by atoms with van der Waals surface area (Å²) < 4.78 is 5.48. The van der Waals surface area contributed by atoms with Crippen LogP contribution in [0.2, 0.25) is 0 Å². The minimum atomic E-state index is 0.294. The maximum atomic E-state index is 5.48. The quantitative estimate of drug-likeness (QED) is 0.757. The first kappa shape index (κ1) is 13.3. The molecule has 2 heterocycles. The second-order valence-electron chi connectivity index (χ2n) is 4.34. The lowest BCUT2D eigenvalue weighted by atomic mass is 10.2. The molecular formula is C13H19N3OS. The smallest absolute Gasteiger partial charge is 0.0794 e. The third kappa shape index (κ3) is 3.66. The summed E-state index contributed by atoms with van der Waals surface area (Å²) >= 11 is 1.72. The number of thiophene rings is 1. The van der Waals surface area contributed by atoms with Crippen LogP contribution in [-0.4, -0.2) is 29.5 Å². The van der Waals surface area contributed by atoms with E-state index in [4.69, 9.17) is 4.74 Å². The molecule has 2 aromatic heterocycles. The lowest BCUT2D eigenvalue weighted by Crippen LogP contribution is -2.21. The summed E-state index contributed by atoms with van der Waals surface area (Å²) in [6.45, 7) is 6.50. The van der Waals surface area contributed by atoms with Gasteiger partial charge in [-0.15, -0.1) is 11.3 Å². The van der Waals surface area contributed by atoms with Crippen molar-refractivity contribution in [2.45, 2.75) is 26.5 Å². The molecule has 98 valence electrons. The van der Waals surface area contributed by atoms with Crippen LogP contribution >= 0.6 is 11.3 Å². The summed E-state index contributed by atoms with van der Waals surface area (Å²) in [5.74, 6) is 0. The van der Waals surface area contributed by atoms with Crippen LogP contribution in [0.4, 0.5) is 0 Å². The second-order valence-corrected chi connectivity index (χ2v) is 5.29. The summed E-state index contributed by atoms with van der Waals surface area (Å²) in [5, 5.41) is 12.6. The SMILES string of the molecule is CC(C)OCCNCc1cn[nH]c1-c1cccs1. The third-order valence-electron chi connectivity index (χ3n) is 2.53. The number of H-pyrrole nitrogens is 1. The first-order valence-electron chi connectivity index (χ1n) is 6.16. The molecule has 0 bridgehead atoms. The fourth-order valence-electron chi connectivity index (χ4n) is 1.67. The van der Waals surface area contributed by atoms with Gasteiger partial charge in [0.1, 0.15) is 0 Å². The first-order valence-corrected chi connectivity index (χ1v) is 7.04. The molecule has 2 aromatic rings. The van der Waals surface area contributed by atoms with E-state index in [2.05, 4.69) is 33.0 Å². The van der Waals surface area contributed by atoms with Gasteiger partial charge in [0, 0.05) is 18.7 Å². The second kappa shape index (κ2) is 6.68. The number of ether oxygens (including phenoxy) is 1. The highest BCUT2D eigenvalue weighted by atomic mass is 32.1. The summed E-state index contributed by atoms with van der Waals surface area (Å²) in [6, 6.07) is 4.15. The molecule has 0 saturated carbocycles. The fraction of sp³-hybridized carbons (Fsp3) is 0.462. The van der Waals surface area contributed by atoms with E-state index < -0.39 is 0 Å². The highest BCUT2D eigenvalue weighted by Gasteiger charge is 2.07. The number of nitrogens with one attached hydrogen (secondary N) is 2. The zero-order valence-electron chi connectivity index (χ0n) is 10.8. The Kier molecular flexibility index (Phi) is 4.92. The zero-order chi connectivity index (χ0) is 12.8. The zero-order valence-corrected chi connectivity index (χ0v) is 11.6. The summed E-state index contributed by atoms with van der Waals surface area (Å²) in [7, 11) is 0. The largest absolute Gasteiger partial charge is 0.377 e. The minimum Gasteiger partial charge on any atom is -0.377 e. The highest BCUT2D eigenvalue weighted by Crippen LogP contribution is 2.25. The van der Waals surface area contributed by atoms with E-state index in [0.29, 0.717) is 6.10 Å². The van der Waals surface area contributed by atoms with Crippen molar-refractivity contribution < 1.29 is 4.74 Å². The lowest BCUT2D eigenvalue weighted by molar-refractivity contribution is 0.0807. The molecule has 4 nitrogen and oxygen atoms in total. The Balaban J connectivity index is 1.82. The molecule has 0 atom stereocenters. The first-order chi connectivity index (χ1) is 8.77. The molecule has 2 N–H and O–H groups in total. The van der Waals surface area contributed by atoms with Crippen molar-refractivity contribution >= 4 is 11.3 Å². The summed E-state index contributed by atoms with van der Waals surface area (Å²) in [6.07, 6.45) is 2.17. The van der Waals surface area contributed by atoms with Gasteiger partial charge in [-0.25, -0.2) is 0 Å². The van der Waals surface area contributed by atoms with Gasteiger partial charge in [0.25, 0.3) is 0 Å². The van der Waals surface area contributed by atoms with Crippen molar-refractivity contribution in [1.29, 1.82) is 0 Å². The van der Waals surface area contributed by atoms with Crippen molar-refractivity contribution in [2.24, 2.45) is 0 Å². The Morgan fingerprint density at radius 2 is 2.39 bits per heavy atom. The predicted octanol–water partition coefficient (Wildman–Crippen LogP) is 2.65. The molecule has 0 aliphatic heterocycles. The summed E-state index contributed by atoms with van der Waals surface area (Å²) in [4.78, 5) is 1.22. The van der Waals surface area contributed by atoms with Gasteiger partial charge in [-0.05, 0) is 25.3 Å². The molecule has 0 fully saturated rings. The number of nitrogens with zero attached hydrogens (tertiary/aromatic N) is 1. The molecule has 0 saturated heterocycles. The van der Waals surface area contributed by atoms with Crippen molar-refractivity contribution in [1.82, 2.24) is 15.5 Å². The van der Waals surface area contributed by atoms with Crippen LogP contribution in [0.5, 0.6) is 0 Å². The number of aromatic nitrogens is 2. The third-order valence-corrected chi connectivity index (χ3v) is 3.42. The molecule has 18 heavy (non-hydrogen) atoms. The number of hydrogen-bond acceptors (Lipinski definition) is 4. The van der Waals surface area contributed by atoms with E-state index in [1.165, 1.54) is 10.4 Å². The van der Waals surface area contributed by atoms with Gasteiger partial charge >= 0.3 is 0 Å². The Morgan fingerprint density at radius 1 is 1.50 bits per heavy atom. The fourth-order valence-corrected chi connectivity index (χ4v) is 2.42. The van der Waals surface area contributed by atoms with Crippen molar-refractivity contribution in [3.8, 4) is 10.6 Å². The molecule has 5 heteroatoms. The van der Waals surface area contributed by atoms with Gasteiger partial charge in [0.15, 0.2) is 0 Å². The van der Waals surface area contributed by atoms with Crippen LogP contribution in [0.3, 0.4) is 0 Å². The van der Waals surface area contributed by atoms with Gasteiger partial charge in [-0.3, -0.25) is 5.10 Å². The minimum absolute atomic E-state index is 0.294. The average molecular weight is 265 g/mol. The topological polar surface area (TPSA) is 49.9 Å². The standard InChI is InChI=1S/C13H19N3OS/c1-10(2)17-6-5-14-8-11-9-15-16-13(11)12-4-3-7-18-12/h3-4,7,9-10,14H,5-6,8H2,1-2H3,(H,15,16). The summed E-state index contributed by atoms with van der Waals surface area (Å²) in [5.41, 5.74) is 2.31. The van der Waals surface area contributed by atoms with Crippen molar-refractivity contribution in [3.05, 3.63) is 29.3 Å². The van der Waals surface area contributed by atoms with Crippen LogP contribution in [0.25, 0.3) is 10.6 Å². The molecule has 0 aliphatic rings. The van der Waals surface area contributed by atoms with E-state index in [-0.39, 0.29) is 0 Å². The van der Waals surface area contributed by atoms with E-state index in [1.54, 1.807) is 11.3 Å². The Bertz CT molecular complexity index is 451. The number of rotatable bonds is 7. The maximum absolute atomic E-state index is 5.48. The normalized spacial score (nSPS) is 11.3. The Labute approximate surface area is 111 Å². The molecule has 0 radical (unpaired) electrons. The van der Waals surface area contributed by atoms with Gasteiger partial charge in [-0.2, -0.15) is 5.10 Å². The maximum Gasteiger partial charge on any atom is 0.0794 e. The monoisotopic (exact) mass is 265 g/mol. The Morgan fingerprint density at radius 3 is 3.11 bits per heavy atom. The van der Waals surface area contributed by atoms with Crippen LogP contribution < -0.4 is 5.32 Å². The van der Waals surface area contributed by atoms with Gasteiger partial charge in [0.05, 0.1) is 29.5 Å². The van der Waals surface area contributed by atoms with Gasteiger partial charge in [0.2, 0.25) is 0 Å². The van der Waals surface area contributed by atoms with E-state index in [1.807, 2.05) is 20.0 Å². The van der Waals surface area contributed by atoms with Crippen molar-refractivity contribution in [3.63, 3.8) is 0 Å².